The molecule has 1 aliphatic rings. The zero-order valence-corrected chi connectivity index (χ0v) is 18.3. The Morgan fingerprint density at radius 2 is 2.00 bits per heavy atom. The molecule has 3 heterocycles. The number of hydrogen-bond acceptors (Lipinski definition) is 6. The molecule has 4 rings (SSSR count). The van der Waals surface area contributed by atoms with Crippen LogP contribution in [-0.4, -0.2) is 42.5 Å². The van der Waals surface area contributed by atoms with Crippen LogP contribution >= 0.6 is 22.7 Å². The fourth-order valence-electron chi connectivity index (χ4n) is 3.72. The second-order valence-electron chi connectivity index (χ2n) is 7.19. The van der Waals surface area contributed by atoms with E-state index in [4.69, 9.17) is 4.74 Å². The lowest BCUT2D eigenvalue weighted by molar-refractivity contribution is 0.0941. The number of aryl methyl sites for hydroxylation is 1. The van der Waals surface area contributed by atoms with Gasteiger partial charge in [0, 0.05) is 17.5 Å². The van der Waals surface area contributed by atoms with E-state index in [0.717, 1.165) is 35.1 Å². The van der Waals surface area contributed by atoms with Gasteiger partial charge in [0.15, 0.2) is 0 Å². The average molecular weight is 428 g/mol. The van der Waals surface area contributed by atoms with Crippen molar-refractivity contribution >= 4 is 28.6 Å². The summed E-state index contributed by atoms with van der Waals surface area (Å²) in [5, 5.41) is 8.16. The fourth-order valence-corrected chi connectivity index (χ4v) is 5.42. The number of hydrogen-bond donors (Lipinski definition) is 1. The Morgan fingerprint density at radius 1 is 1.24 bits per heavy atom. The molecule has 2 aromatic heterocycles. The average Bonchev–Trinajstić information content (AvgIpc) is 3.50. The lowest BCUT2D eigenvalue weighted by Crippen LogP contribution is -2.36. The van der Waals surface area contributed by atoms with E-state index in [-0.39, 0.29) is 11.9 Å². The number of carbonyl (C=O) groups excluding carboxylic acids is 1. The minimum Gasteiger partial charge on any atom is -0.497 e. The van der Waals surface area contributed by atoms with Gasteiger partial charge in [-0.1, -0.05) is 12.1 Å². The summed E-state index contributed by atoms with van der Waals surface area (Å²) < 4.78 is 5.29. The van der Waals surface area contributed by atoms with E-state index in [1.54, 1.807) is 18.4 Å². The molecule has 0 aliphatic carbocycles. The first kappa shape index (κ1) is 20.1. The van der Waals surface area contributed by atoms with E-state index in [1.165, 1.54) is 29.7 Å². The van der Waals surface area contributed by atoms with Gasteiger partial charge >= 0.3 is 0 Å². The van der Waals surface area contributed by atoms with Crippen LogP contribution in [-0.2, 0) is 0 Å². The summed E-state index contributed by atoms with van der Waals surface area (Å²) >= 11 is 3.10. The maximum atomic E-state index is 12.9. The fraction of sp³-hybridized carbons (Fsp3) is 0.364. The summed E-state index contributed by atoms with van der Waals surface area (Å²) in [6, 6.07) is 10.4. The van der Waals surface area contributed by atoms with E-state index in [0.29, 0.717) is 11.4 Å². The largest absolute Gasteiger partial charge is 0.497 e. The minimum absolute atomic E-state index is 0.0424. The van der Waals surface area contributed by atoms with Gasteiger partial charge in [0.1, 0.15) is 15.6 Å². The Hall–Kier alpha value is -2.22. The van der Waals surface area contributed by atoms with Gasteiger partial charge in [0.2, 0.25) is 0 Å². The van der Waals surface area contributed by atoms with Gasteiger partial charge in [-0.25, -0.2) is 4.98 Å². The molecule has 0 bridgehead atoms. The van der Waals surface area contributed by atoms with Crippen LogP contribution in [0.25, 0.3) is 10.6 Å². The molecule has 0 radical (unpaired) electrons. The number of benzene rings is 1. The van der Waals surface area contributed by atoms with Crippen LogP contribution in [0.3, 0.4) is 0 Å². The van der Waals surface area contributed by atoms with E-state index in [2.05, 4.69) is 32.7 Å². The predicted octanol–water partition coefficient (Wildman–Crippen LogP) is 4.76. The maximum Gasteiger partial charge on any atom is 0.263 e. The van der Waals surface area contributed by atoms with E-state index in [1.807, 2.05) is 30.5 Å². The summed E-state index contributed by atoms with van der Waals surface area (Å²) in [5.74, 6) is 0.804. The Balaban J connectivity index is 1.49. The van der Waals surface area contributed by atoms with Crippen molar-refractivity contribution in [2.45, 2.75) is 25.8 Å². The molecule has 1 aromatic carbocycles. The molecule has 5 nitrogen and oxygen atoms in total. The number of methoxy groups -OCH3 is 1. The van der Waals surface area contributed by atoms with Gasteiger partial charge in [-0.15, -0.1) is 11.3 Å². The van der Waals surface area contributed by atoms with E-state index in [9.17, 15) is 4.79 Å². The van der Waals surface area contributed by atoms with Gasteiger partial charge in [0.05, 0.1) is 18.8 Å². The zero-order chi connectivity index (χ0) is 20.2. The molecule has 3 aromatic rings. The van der Waals surface area contributed by atoms with Crippen LogP contribution < -0.4 is 10.1 Å². The Kier molecular flexibility index (Phi) is 6.28. The predicted molar refractivity (Wildman–Crippen MR) is 119 cm³/mol. The van der Waals surface area contributed by atoms with Gasteiger partial charge in [-0.3, -0.25) is 9.69 Å². The quantitative estimate of drug-likeness (QED) is 0.591. The number of carbonyl (C=O) groups is 1. The lowest BCUT2D eigenvalue weighted by atomic mass is 10.1. The van der Waals surface area contributed by atoms with Crippen LogP contribution in [0, 0.1) is 6.92 Å². The van der Waals surface area contributed by atoms with Crippen molar-refractivity contribution in [2.24, 2.45) is 0 Å². The van der Waals surface area contributed by atoms with Crippen molar-refractivity contribution < 1.29 is 9.53 Å². The Bertz CT molecular complexity index is 945. The van der Waals surface area contributed by atoms with Crippen LogP contribution in [0.2, 0.25) is 0 Å². The summed E-state index contributed by atoms with van der Waals surface area (Å²) in [4.78, 5) is 20.7. The van der Waals surface area contributed by atoms with Crippen molar-refractivity contribution in [3.05, 3.63) is 57.2 Å². The number of ether oxygens (including phenoxy) is 1. The highest BCUT2D eigenvalue weighted by molar-refractivity contribution is 7.17. The summed E-state index contributed by atoms with van der Waals surface area (Å²) in [6.07, 6.45) is 2.41. The van der Waals surface area contributed by atoms with Crippen LogP contribution in [0.5, 0.6) is 5.75 Å². The zero-order valence-electron chi connectivity index (χ0n) is 16.7. The van der Waals surface area contributed by atoms with Crippen molar-refractivity contribution in [2.75, 3.05) is 26.7 Å². The second-order valence-corrected chi connectivity index (χ2v) is 8.97. The molecular formula is C22H25N3O2S2. The van der Waals surface area contributed by atoms with Crippen molar-refractivity contribution in [1.82, 2.24) is 15.2 Å². The Labute approximate surface area is 179 Å². The number of nitrogens with one attached hydrogen (secondary N) is 1. The van der Waals surface area contributed by atoms with Gasteiger partial charge in [0.25, 0.3) is 5.91 Å². The number of amides is 1. The number of thiophene rings is 1. The molecule has 1 fully saturated rings. The van der Waals surface area contributed by atoms with Crippen LogP contribution in [0.4, 0.5) is 0 Å². The maximum absolute atomic E-state index is 12.9. The SMILES string of the molecule is COc1ccc([C@@H](CNC(=O)c2sc(-c3ccsc3)nc2C)N2CCCC2)cc1. The minimum atomic E-state index is -0.0424. The molecule has 0 unspecified atom stereocenters. The standard InChI is InChI=1S/C22H25N3O2S2/c1-15-20(29-22(24-15)17-9-12-28-14-17)21(26)23-13-19(25-10-3-4-11-25)16-5-7-18(27-2)8-6-16/h5-9,12,14,19H,3-4,10-11,13H2,1-2H3,(H,23,26)/t19-/m1/s1. The number of likely N-dealkylation sites (tertiary alicyclic amines) is 1. The molecular weight excluding hydrogens is 402 g/mol. The topological polar surface area (TPSA) is 54.5 Å². The van der Waals surface area contributed by atoms with Crippen molar-refractivity contribution in [3.63, 3.8) is 0 Å². The van der Waals surface area contributed by atoms with E-state index < -0.39 is 0 Å². The van der Waals surface area contributed by atoms with Crippen LogP contribution in [0.15, 0.2) is 41.1 Å². The highest BCUT2D eigenvalue weighted by Crippen LogP contribution is 2.30. The molecule has 7 heteroatoms. The highest BCUT2D eigenvalue weighted by atomic mass is 32.1. The monoisotopic (exact) mass is 427 g/mol. The van der Waals surface area contributed by atoms with Gasteiger partial charge < -0.3 is 10.1 Å². The van der Waals surface area contributed by atoms with Crippen molar-refractivity contribution in [3.8, 4) is 16.3 Å². The smallest absolute Gasteiger partial charge is 0.263 e. The third kappa shape index (κ3) is 4.52. The molecule has 152 valence electrons. The van der Waals surface area contributed by atoms with Gasteiger partial charge in [-0.2, -0.15) is 11.3 Å². The first-order valence-corrected chi connectivity index (χ1v) is 11.6. The first-order valence-electron chi connectivity index (χ1n) is 9.82. The Morgan fingerprint density at radius 3 is 2.66 bits per heavy atom. The number of rotatable bonds is 7. The van der Waals surface area contributed by atoms with Gasteiger partial charge in [-0.05, 0) is 62.0 Å². The number of aromatic nitrogens is 1. The van der Waals surface area contributed by atoms with Crippen molar-refractivity contribution in [1.29, 1.82) is 0 Å². The first-order chi connectivity index (χ1) is 14.2. The molecule has 0 saturated carbocycles. The summed E-state index contributed by atoms with van der Waals surface area (Å²) in [6.45, 7) is 4.61. The summed E-state index contributed by atoms with van der Waals surface area (Å²) in [7, 11) is 1.68. The molecule has 1 saturated heterocycles. The van der Waals surface area contributed by atoms with E-state index >= 15 is 0 Å². The molecule has 0 spiro atoms. The molecule has 1 N–H and O–H groups in total. The molecule has 29 heavy (non-hydrogen) atoms. The van der Waals surface area contributed by atoms with Crippen LogP contribution in [0.1, 0.15) is 39.8 Å². The highest BCUT2D eigenvalue weighted by Gasteiger charge is 2.25. The second kappa shape index (κ2) is 9.07. The normalized spacial score (nSPS) is 15.4. The lowest BCUT2D eigenvalue weighted by Gasteiger charge is -2.28. The summed E-state index contributed by atoms with van der Waals surface area (Å²) in [5.41, 5.74) is 3.07. The number of thiazole rings is 1. The third-order valence-electron chi connectivity index (χ3n) is 5.31. The number of nitrogens with zero attached hydrogens (tertiary/aromatic N) is 2. The molecule has 1 aliphatic heterocycles. The molecule has 1 atom stereocenters. The molecule has 1 amide bonds. The third-order valence-corrected chi connectivity index (χ3v) is 7.20.